The van der Waals surface area contributed by atoms with Gasteiger partial charge in [-0.15, -0.1) is 0 Å². The van der Waals surface area contributed by atoms with Crippen molar-refractivity contribution in [2.45, 2.75) is 6.92 Å². The molecule has 1 aromatic carbocycles. The Bertz CT molecular complexity index is 581. The summed E-state index contributed by atoms with van der Waals surface area (Å²) in [4.78, 5) is 7.05. The summed E-state index contributed by atoms with van der Waals surface area (Å²) >= 11 is 0. The van der Waals surface area contributed by atoms with Gasteiger partial charge in [-0.05, 0) is 10.6 Å². The maximum atomic E-state index is 9.04. The van der Waals surface area contributed by atoms with Crippen molar-refractivity contribution in [2.24, 2.45) is 4.99 Å². The van der Waals surface area contributed by atoms with Crippen LogP contribution in [0.5, 0.6) is 0 Å². The molecule has 0 spiro atoms. The van der Waals surface area contributed by atoms with Crippen molar-refractivity contribution in [3.8, 4) is 6.07 Å². The van der Waals surface area contributed by atoms with Crippen LogP contribution in [-0.4, -0.2) is 16.3 Å². The molecule has 1 heterocycles. The highest BCUT2D eigenvalue weighted by Crippen LogP contribution is 2.25. The first-order chi connectivity index (χ1) is 7.77. The molecular formula is C12H8N4. The second kappa shape index (κ2) is 3.93. The molecule has 0 atom stereocenters. The summed E-state index contributed by atoms with van der Waals surface area (Å²) in [5, 5.41) is 9.04. The molecular weight excluding hydrogens is 200 g/mol. The predicted molar refractivity (Wildman–Crippen MR) is 60.7 cm³/mol. The molecule has 0 fully saturated rings. The first-order valence-corrected chi connectivity index (χ1v) is 4.76. The molecule has 16 heavy (non-hydrogen) atoms. The largest absolute Gasteiger partial charge is 0.497 e. The third kappa shape index (κ3) is 1.46. The van der Waals surface area contributed by atoms with Crippen LogP contribution in [0.1, 0.15) is 12.5 Å². The van der Waals surface area contributed by atoms with E-state index in [9.17, 15) is 0 Å². The molecule has 0 saturated carbocycles. The van der Waals surface area contributed by atoms with Crippen LogP contribution < -0.4 is 0 Å². The minimum atomic E-state index is 0.0823. The van der Waals surface area contributed by atoms with Gasteiger partial charge in [-0.3, -0.25) is 0 Å². The van der Waals surface area contributed by atoms with Gasteiger partial charge in [0.1, 0.15) is 6.07 Å². The molecule has 1 aliphatic heterocycles. The molecule has 1 aromatic rings. The first kappa shape index (κ1) is 10.0. The van der Waals surface area contributed by atoms with E-state index in [1.165, 1.54) is 0 Å². The van der Waals surface area contributed by atoms with Gasteiger partial charge in [0.2, 0.25) is 0 Å². The summed E-state index contributed by atoms with van der Waals surface area (Å²) < 4.78 is 0. The van der Waals surface area contributed by atoms with Gasteiger partial charge in [0, 0.05) is 6.92 Å². The minimum absolute atomic E-state index is 0.0823. The predicted octanol–water partition coefficient (Wildman–Crippen LogP) is 2.07. The number of nitrogens with zero attached hydrogens (tertiary/aromatic N) is 4. The molecule has 2 rings (SSSR count). The molecule has 4 nitrogen and oxygen atoms in total. The van der Waals surface area contributed by atoms with Crippen molar-refractivity contribution in [3.63, 3.8) is 0 Å². The normalized spacial score (nSPS) is 14.5. The molecule has 0 saturated heterocycles. The van der Waals surface area contributed by atoms with E-state index in [0.29, 0.717) is 11.3 Å². The number of allylic oxidation sites excluding steroid dienone is 1. The van der Waals surface area contributed by atoms with E-state index < -0.39 is 0 Å². The standard InChI is InChI=1S/C12H8N4/c1-8-11(9-5-3-2-4-6-9)10(7-13)12(15-8)16-14/h2-6H,1H3. The van der Waals surface area contributed by atoms with E-state index in [-0.39, 0.29) is 5.84 Å². The van der Waals surface area contributed by atoms with Crippen LogP contribution in [0.15, 0.2) is 40.9 Å². The summed E-state index contributed by atoms with van der Waals surface area (Å²) in [6, 6.07) is 11.5. The topological polar surface area (TPSA) is 72.6 Å². The van der Waals surface area contributed by atoms with E-state index in [4.69, 9.17) is 10.8 Å². The molecule has 0 aromatic heterocycles. The zero-order valence-corrected chi connectivity index (χ0v) is 8.68. The quantitative estimate of drug-likeness (QED) is 0.514. The lowest BCUT2D eigenvalue weighted by Crippen LogP contribution is -1.96. The van der Waals surface area contributed by atoms with E-state index in [0.717, 1.165) is 11.1 Å². The molecule has 0 aliphatic carbocycles. The fourth-order valence-electron chi connectivity index (χ4n) is 1.70. The Morgan fingerprint density at radius 3 is 2.56 bits per heavy atom. The van der Waals surface area contributed by atoms with Crippen molar-refractivity contribution in [1.29, 1.82) is 5.26 Å². The van der Waals surface area contributed by atoms with E-state index in [1.54, 1.807) is 6.92 Å². The number of amidine groups is 1. The third-order valence-corrected chi connectivity index (χ3v) is 2.38. The van der Waals surface area contributed by atoms with Crippen LogP contribution in [0, 0.1) is 11.3 Å². The number of hydrogen-bond donors (Lipinski definition) is 0. The molecule has 0 N–H and O–H groups in total. The van der Waals surface area contributed by atoms with Crippen LogP contribution in [0.25, 0.3) is 11.1 Å². The molecule has 0 unspecified atom stereocenters. The van der Waals surface area contributed by atoms with Crippen molar-refractivity contribution < 1.29 is 4.79 Å². The van der Waals surface area contributed by atoms with Crippen LogP contribution >= 0.6 is 0 Å². The average Bonchev–Trinajstić information content (AvgIpc) is 2.66. The van der Waals surface area contributed by atoms with Gasteiger partial charge in [-0.2, -0.15) is 5.26 Å². The van der Waals surface area contributed by atoms with Gasteiger partial charge < -0.3 is 10.3 Å². The van der Waals surface area contributed by atoms with Crippen molar-refractivity contribution in [3.05, 3.63) is 47.0 Å². The SMILES string of the molecule is CC1=NC(=[N+]=[N-])C(C#N)=C1c1ccccc1. The van der Waals surface area contributed by atoms with Crippen LogP contribution in [0.4, 0.5) is 0 Å². The van der Waals surface area contributed by atoms with Crippen LogP contribution in [0.2, 0.25) is 0 Å². The number of nitriles is 1. The summed E-state index contributed by atoms with van der Waals surface area (Å²) in [5.74, 6) is 0.0823. The summed E-state index contributed by atoms with van der Waals surface area (Å²) in [6.45, 7) is 1.79. The summed E-state index contributed by atoms with van der Waals surface area (Å²) in [6.07, 6.45) is 0. The minimum Gasteiger partial charge on any atom is -0.497 e. The number of hydrogen-bond acceptors (Lipinski definition) is 1. The summed E-state index contributed by atoms with van der Waals surface area (Å²) in [7, 11) is 0. The fraction of sp³-hybridized carbons (Fsp3) is 0.0833. The van der Waals surface area contributed by atoms with Gasteiger partial charge in [0.25, 0.3) is 0 Å². The lowest BCUT2D eigenvalue weighted by Gasteiger charge is -1.99. The molecule has 1 aliphatic rings. The number of aliphatic imine (C=N–C) groups is 1. The van der Waals surface area contributed by atoms with E-state index in [2.05, 4.69) is 9.78 Å². The first-order valence-electron chi connectivity index (χ1n) is 4.76. The average molecular weight is 208 g/mol. The highest BCUT2D eigenvalue weighted by molar-refractivity contribution is 6.37. The molecule has 0 bridgehead atoms. The zero-order chi connectivity index (χ0) is 11.5. The molecule has 76 valence electrons. The fourth-order valence-corrected chi connectivity index (χ4v) is 1.70. The maximum Gasteiger partial charge on any atom is 0.419 e. The van der Waals surface area contributed by atoms with E-state index >= 15 is 0 Å². The molecule has 0 radical (unpaired) electrons. The second-order valence-corrected chi connectivity index (χ2v) is 3.35. The molecule has 4 heteroatoms. The Hall–Kier alpha value is -2.50. The zero-order valence-electron chi connectivity index (χ0n) is 8.68. The maximum absolute atomic E-state index is 9.04. The Kier molecular flexibility index (Phi) is 2.47. The van der Waals surface area contributed by atoms with Crippen molar-refractivity contribution >= 4 is 17.1 Å². The Labute approximate surface area is 92.8 Å². The van der Waals surface area contributed by atoms with Gasteiger partial charge in [0.15, 0.2) is 11.3 Å². The lowest BCUT2D eigenvalue weighted by atomic mass is 9.99. The second-order valence-electron chi connectivity index (χ2n) is 3.35. The van der Waals surface area contributed by atoms with Crippen LogP contribution in [-0.2, 0) is 0 Å². The lowest BCUT2D eigenvalue weighted by molar-refractivity contribution is -0.00514. The molecule has 0 amide bonds. The van der Waals surface area contributed by atoms with Crippen molar-refractivity contribution in [1.82, 2.24) is 0 Å². The van der Waals surface area contributed by atoms with Gasteiger partial charge in [-0.1, -0.05) is 30.3 Å². The third-order valence-electron chi connectivity index (χ3n) is 2.38. The van der Waals surface area contributed by atoms with Gasteiger partial charge >= 0.3 is 5.84 Å². The Balaban J connectivity index is 2.69. The highest BCUT2D eigenvalue weighted by atomic mass is 15.0. The van der Waals surface area contributed by atoms with Gasteiger partial charge in [-0.25, -0.2) is 0 Å². The van der Waals surface area contributed by atoms with E-state index in [1.807, 2.05) is 36.4 Å². The highest BCUT2D eigenvalue weighted by Gasteiger charge is 2.31. The Morgan fingerprint density at radius 1 is 1.31 bits per heavy atom. The monoisotopic (exact) mass is 208 g/mol. The smallest absolute Gasteiger partial charge is 0.419 e. The van der Waals surface area contributed by atoms with Crippen molar-refractivity contribution in [2.75, 3.05) is 0 Å². The number of rotatable bonds is 1. The van der Waals surface area contributed by atoms with Crippen LogP contribution in [0.3, 0.4) is 0 Å². The van der Waals surface area contributed by atoms with Gasteiger partial charge in [0.05, 0.1) is 5.57 Å². The summed E-state index contributed by atoms with van der Waals surface area (Å²) in [5.41, 5.74) is 11.4. The number of benzene rings is 1. The Morgan fingerprint density at radius 2 is 2.00 bits per heavy atom.